The van der Waals surface area contributed by atoms with Crippen LogP contribution in [0.1, 0.15) is 47.2 Å². The summed E-state index contributed by atoms with van der Waals surface area (Å²) in [5.74, 6) is 0. The number of nitrogens with zero attached hydrogens (tertiary/aromatic N) is 1. The first-order chi connectivity index (χ1) is 8.94. The first-order valence-corrected chi connectivity index (χ1v) is 6.78. The highest BCUT2D eigenvalue weighted by atomic mass is 16.7. The molecule has 0 atom stereocenters. The third-order valence-corrected chi connectivity index (χ3v) is 4.10. The van der Waals surface area contributed by atoms with Crippen molar-refractivity contribution in [3.63, 3.8) is 0 Å². The number of nitrogens with two attached hydrogens (primary N) is 1. The maximum absolute atomic E-state index is 9.96. The van der Waals surface area contributed by atoms with Crippen molar-refractivity contribution >= 4 is 18.3 Å². The van der Waals surface area contributed by atoms with E-state index in [-0.39, 0.29) is 0 Å². The molecule has 5 nitrogen and oxygen atoms in total. The molecule has 0 bridgehead atoms. The Balaban J connectivity index is 2.33. The van der Waals surface area contributed by atoms with Crippen molar-refractivity contribution < 1.29 is 14.4 Å². The molecule has 2 rings (SSSR count). The van der Waals surface area contributed by atoms with E-state index in [1.807, 2.05) is 27.7 Å². The van der Waals surface area contributed by atoms with Gasteiger partial charge in [0.2, 0.25) is 0 Å². The predicted octanol–water partition coefficient (Wildman–Crippen LogP) is 1.19. The molecule has 1 aromatic heterocycles. The summed E-state index contributed by atoms with van der Waals surface area (Å²) in [6.07, 6.45) is 1.62. The predicted molar refractivity (Wildman–Crippen MR) is 79.6 cm³/mol. The van der Waals surface area contributed by atoms with Crippen LogP contribution in [0.5, 0.6) is 0 Å². The van der Waals surface area contributed by atoms with E-state index in [9.17, 15) is 5.11 Å². The molecule has 0 aliphatic carbocycles. The van der Waals surface area contributed by atoms with Crippen LogP contribution in [-0.4, -0.2) is 28.4 Å². The van der Waals surface area contributed by atoms with E-state index in [1.54, 1.807) is 26.1 Å². The molecule has 0 radical (unpaired) electrons. The molecule has 1 saturated heterocycles. The summed E-state index contributed by atoms with van der Waals surface area (Å²) in [4.78, 5) is 4.26. The highest BCUT2D eigenvalue weighted by molar-refractivity contribution is 6.63. The van der Waals surface area contributed by atoms with E-state index in [0.29, 0.717) is 16.8 Å². The Bertz CT molecular complexity index is 508. The van der Waals surface area contributed by atoms with Crippen molar-refractivity contribution in [3.05, 3.63) is 18.0 Å². The number of rotatable bonds is 2. The second-order valence-corrected chi connectivity index (χ2v) is 6.85. The molecule has 0 saturated carbocycles. The Kier molecular flexibility index (Phi) is 3.40. The number of pyridine rings is 1. The maximum Gasteiger partial charge on any atom is 0.498 e. The minimum Gasteiger partial charge on any atom is -0.399 e. The smallest absolute Gasteiger partial charge is 0.399 e. The minimum atomic E-state index is -1.03. The van der Waals surface area contributed by atoms with Gasteiger partial charge in [-0.1, -0.05) is 0 Å². The van der Waals surface area contributed by atoms with Crippen LogP contribution >= 0.6 is 0 Å². The van der Waals surface area contributed by atoms with Crippen molar-refractivity contribution in [2.75, 3.05) is 5.73 Å². The van der Waals surface area contributed by atoms with Gasteiger partial charge in [0, 0.05) is 17.3 Å². The van der Waals surface area contributed by atoms with Gasteiger partial charge < -0.3 is 20.1 Å². The van der Waals surface area contributed by atoms with Gasteiger partial charge in [-0.3, -0.25) is 4.98 Å². The van der Waals surface area contributed by atoms with Gasteiger partial charge in [0.05, 0.1) is 16.9 Å². The van der Waals surface area contributed by atoms with E-state index in [1.165, 1.54) is 0 Å². The fraction of sp³-hybridized carbons (Fsp3) is 0.643. The Morgan fingerprint density at radius 1 is 1.20 bits per heavy atom. The largest absolute Gasteiger partial charge is 0.498 e. The summed E-state index contributed by atoms with van der Waals surface area (Å²) in [6, 6.07) is 1.67. The van der Waals surface area contributed by atoms with E-state index in [2.05, 4.69) is 4.98 Å². The molecule has 1 aliphatic rings. The summed E-state index contributed by atoms with van der Waals surface area (Å²) in [5.41, 5.74) is 5.93. The number of nitrogen functional groups attached to an aromatic ring is 1. The van der Waals surface area contributed by atoms with Crippen molar-refractivity contribution in [2.24, 2.45) is 0 Å². The Labute approximate surface area is 120 Å². The summed E-state index contributed by atoms with van der Waals surface area (Å²) in [6.45, 7) is 11.3. The summed E-state index contributed by atoms with van der Waals surface area (Å²) in [7, 11) is -0.539. The highest BCUT2D eigenvalue weighted by Gasteiger charge is 2.52. The van der Waals surface area contributed by atoms with Crippen LogP contribution < -0.4 is 11.2 Å². The summed E-state index contributed by atoms with van der Waals surface area (Å²) in [5, 5.41) is 9.96. The zero-order chi connectivity index (χ0) is 15.3. The summed E-state index contributed by atoms with van der Waals surface area (Å²) < 4.78 is 11.9. The van der Waals surface area contributed by atoms with Crippen LogP contribution in [0.15, 0.2) is 12.3 Å². The fourth-order valence-electron chi connectivity index (χ4n) is 1.98. The lowest BCUT2D eigenvalue weighted by molar-refractivity contribution is 0.00578. The second-order valence-electron chi connectivity index (χ2n) is 6.85. The molecule has 110 valence electrons. The number of hydrogen-bond acceptors (Lipinski definition) is 5. The Morgan fingerprint density at radius 2 is 1.70 bits per heavy atom. The van der Waals surface area contributed by atoms with Gasteiger partial charge in [0.25, 0.3) is 0 Å². The van der Waals surface area contributed by atoms with Crippen LogP contribution in [0.2, 0.25) is 0 Å². The molecule has 0 amide bonds. The Hall–Kier alpha value is -1.11. The second kappa shape index (κ2) is 4.45. The molecule has 1 aliphatic heterocycles. The van der Waals surface area contributed by atoms with E-state index in [4.69, 9.17) is 15.0 Å². The maximum atomic E-state index is 9.96. The first kappa shape index (κ1) is 15.3. The van der Waals surface area contributed by atoms with Crippen LogP contribution in [0.3, 0.4) is 0 Å². The number of aromatic nitrogens is 1. The van der Waals surface area contributed by atoms with Gasteiger partial charge in [-0.2, -0.15) is 0 Å². The minimum absolute atomic E-state index is 0.418. The number of hydrogen-bond donors (Lipinski definition) is 2. The van der Waals surface area contributed by atoms with Crippen LogP contribution in [-0.2, 0) is 14.9 Å². The van der Waals surface area contributed by atoms with Crippen LogP contribution in [0.25, 0.3) is 0 Å². The van der Waals surface area contributed by atoms with Gasteiger partial charge in [-0.15, -0.1) is 0 Å². The Morgan fingerprint density at radius 3 is 2.10 bits per heavy atom. The quantitative estimate of drug-likeness (QED) is 0.794. The zero-order valence-electron chi connectivity index (χ0n) is 13.0. The van der Waals surface area contributed by atoms with E-state index < -0.39 is 23.9 Å². The first-order valence-electron chi connectivity index (χ1n) is 6.78. The van der Waals surface area contributed by atoms with Gasteiger partial charge in [-0.05, 0) is 47.6 Å². The zero-order valence-corrected chi connectivity index (χ0v) is 13.0. The molecule has 2 heterocycles. The molecule has 0 aromatic carbocycles. The van der Waals surface area contributed by atoms with Gasteiger partial charge in [0.1, 0.15) is 5.60 Å². The molecule has 1 aromatic rings. The standard InChI is InChI=1S/C14H23BN2O3/c1-12(2,18)11-7-10(16)9(8-17-11)15-19-13(3,4)14(5,6)20-15/h7-8,18H,1-6H3,(H2,16,17). The molecular weight excluding hydrogens is 255 g/mol. The third kappa shape index (κ3) is 2.55. The summed E-state index contributed by atoms with van der Waals surface area (Å²) >= 11 is 0. The third-order valence-electron chi connectivity index (χ3n) is 4.10. The molecule has 6 heteroatoms. The van der Waals surface area contributed by atoms with Crippen molar-refractivity contribution in [2.45, 2.75) is 58.3 Å². The monoisotopic (exact) mass is 278 g/mol. The highest BCUT2D eigenvalue weighted by Crippen LogP contribution is 2.36. The van der Waals surface area contributed by atoms with Crippen LogP contribution in [0.4, 0.5) is 5.69 Å². The van der Waals surface area contributed by atoms with E-state index in [0.717, 1.165) is 0 Å². The lowest BCUT2D eigenvalue weighted by atomic mass is 9.78. The van der Waals surface area contributed by atoms with Crippen LogP contribution in [0, 0.1) is 0 Å². The number of aliphatic hydroxyl groups is 1. The molecule has 0 unspecified atom stereocenters. The van der Waals surface area contributed by atoms with Gasteiger partial charge >= 0.3 is 7.12 Å². The molecule has 1 fully saturated rings. The number of anilines is 1. The van der Waals surface area contributed by atoms with Gasteiger partial charge in [-0.25, -0.2) is 0 Å². The average molecular weight is 278 g/mol. The normalized spacial score (nSPS) is 21.2. The molecular formula is C14H23BN2O3. The fourth-order valence-corrected chi connectivity index (χ4v) is 1.98. The lowest BCUT2D eigenvalue weighted by Gasteiger charge is -2.32. The molecule has 3 N–H and O–H groups in total. The van der Waals surface area contributed by atoms with E-state index >= 15 is 0 Å². The SMILES string of the molecule is CC(C)(O)c1cc(N)c(B2OC(C)(C)C(C)(C)O2)cn1. The topological polar surface area (TPSA) is 77.6 Å². The lowest BCUT2D eigenvalue weighted by Crippen LogP contribution is -2.41. The van der Waals surface area contributed by atoms with Gasteiger partial charge in [0.15, 0.2) is 0 Å². The van der Waals surface area contributed by atoms with Crippen molar-refractivity contribution in [1.29, 1.82) is 0 Å². The van der Waals surface area contributed by atoms with Crippen molar-refractivity contribution in [3.8, 4) is 0 Å². The molecule has 0 spiro atoms. The van der Waals surface area contributed by atoms with Crippen molar-refractivity contribution in [1.82, 2.24) is 4.98 Å². The molecule has 20 heavy (non-hydrogen) atoms. The average Bonchev–Trinajstić information content (AvgIpc) is 2.46.